The van der Waals surface area contributed by atoms with Crippen molar-refractivity contribution in [1.29, 1.82) is 0 Å². The third-order valence-corrected chi connectivity index (χ3v) is 5.06. The molecule has 1 aromatic carbocycles. The second kappa shape index (κ2) is 7.07. The summed E-state index contributed by atoms with van der Waals surface area (Å²) in [5, 5.41) is 3.77. The largest absolute Gasteiger partial charge is 0.381 e. The monoisotopic (exact) mass is 396 g/mol. The Morgan fingerprint density at radius 2 is 2.13 bits per heavy atom. The van der Waals surface area contributed by atoms with Crippen LogP contribution in [-0.4, -0.2) is 30.6 Å². The molecule has 1 fully saturated rings. The van der Waals surface area contributed by atoms with Gasteiger partial charge in [0.1, 0.15) is 5.69 Å². The Balaban J connectivity index is 1.78. The van der Waals surface area contributed by atoms with E-state index in [0.29, 0.717) is 30.5 Å². The lowest BCUT2D eigenvalue weighted by Crippen LogP contribution is -2.44. The van der Waals surface area contributed by atoms with Crippen LogP contribution >= 0.6 is 27.5 Å². The smallest absolute Gasteiger partial charge is 0.267 e. The number of hydrogen-bond acceptors (Lipinski definition) is 2. The molecule has 6 heteroatoms. The average molecular weight is 398 g/mol. The lowest BCUT2D eigenvalue weighted by Gasteiger charge is -2.38. The molecule has 0 spiro atoms. The molecule has 0 radical (unpaired) electrons. The third kappa shape index (κ3) is 3.79. The first-order valence-electron chi connectivity index (χ1n) is 7.55. The van der Waals surface area contributed by atoms with Crippen LogP contribution in [0.4, 0.5) is 0 Å². The van der Waals surface area contributed by atoms with Crippen molar-refractivity contribution in [3.63, 3.8) is 0 Å². The molecule has 0 saturated carbocycles. The molecule has 2 aromatic rings. The van der Waals surface area contributed by atoms with Gasteiger partial charge in [-0.15, -0.1) is 0 Å². The standard InChI is InChI=1S/C17H18BrClN2O2/c18-13-9-15(20-10-13)16(22)21-11-17(4-6-23-7-5-17)12-2-1-3-14(19)8-12/h1-3,8-10,20H,4-7,11H2,(H,21,22). The quantitative estimate of drug-likeness (QED) is 0.822. The van der Waals surface area contributed by atoms with Gasteiger partial charge in [0.2, 0.25) is 0 Å². The maximum atomic E-state index is 12.3. The number of amides is 1. The molecule has 23 heavy (non-hydrogen) atoms. The average Bonchev–Trinajstić information content (AvgIpc) is 3.00. The zero-order chi connectivity index (χ0) is 16.3. The van der Waals surface area contributed by atoms with E-state index in [0.717, 1.165) is 22.9 Å². The summed E-state index contributed by atoms with van der Waals surface area (Å²) in [6, 6.07) is 9.66. The van der Waals surface area contributed by atoms with Crippen LogP contribution in [-0.2, 0) is 10.2 Å². The Kier molecular flexibility index (Phi) is 5.09. The number of rotatable bonds is 4. The Morgan fingerprint density at radius 1 is 1.35 bits per heavy atom. The fourth-order valence-corrected chi connectivity index (χ4v) is 3.53. The number of benzene rings is 1. The molecule has 0 atom stereocenters. The second-order valence-corrected chi connectivity index (χ2v) is 7.17. The highest BCUT2D eigenvalue weighted by Crippen LogP contribution is 2.35. The van der Waals surface area contributed by atoms with Crippen molar-refractivity contribution in [3.8, 4) is 0 Å². The predicted molar refractivity (Wildman–Crippen MR) is 94.0 cm³/mol. The van der Waals surface area contributed by atoms with E-state index < -0.39 is 0 Å². The summed E-state index contributed by atoms with van der Waals surface area (Å²) in [6.45, 7) is 1.94. The molecular weight excluding hydrogens is 380 g/mol. The van der Waals surface area contributed by atoms with E-state index in [1.165, 1.54) is 0 Å². The Labute approximate surface area is 148 Å². The minimum Gasteiger partial charge on any atom is -0.381 e. The van der Waals surface area contributed by atoms with E-state index in [-0.39, 0.29) is 11.3 Å². The summed E-state index contributed by atoms with van der Waals surface area (Å²) >= 11 is 9.50. The number of H-pyrrole nitrogens is 1. The number of carbonyl (C=O) groups is 1. The van der Waals surface area contributed by atoms with Gasteiger partial charge in [-0.2, -0.15) is 0 Å². The predicted octanol–water partition coefficient (Wildman–Crippen LogP) is 3.91. The van der Waals surface area contributed by atoms with Crippen molar-refractivity contribution < 1.29 is 9.53 Å². The Morgan fingerprint density at radius 3 is 2.78 bits per heavy atom. The number of nitrogens with one attached hydrogen (secondary N) is 2. The molecule has 1 aliphatic rings. The molecule has 2 N–H and O–H groups in total. The van der Waals surface area contributed by atoms with E-state index in [2.05, 4.69) is 32.3 Å². The molecule has 0 unspecified atom stereocenters. The van der Waals surface area contributed by atoms with Crippen molar-refractivity contribution >= 4 is 33.4 Å². The second-order valence-electron chi connectivity index (χ2n) is 5.82. The molecule has 1 aliphatic heterocycles. The topological polar surface area (TPSA) is 54.1 Å². The first kappa shape index (κ1) is 16.6. The van der Waals surface area contributed by atoms with Gasteiger partial charge in [-0.3, -0.25) is 4.79 Å². The zero-order valence-electron chi connectivity index (χ0n) is 12.6. The minimum atomic E-state index is -0.136. The van der Waals surface area contributed by atoms with Gasteiger partial charge in [0, 0.05) is 40.9 Å². The van der Waals surface area contributed by atoms with Crippen molar-refractivity contribution in [3.05, 3.63) is 57.3 Å². The fourth-order valence-electron chi connectivity index (χ4n) is 2.99. The van der Waals surface area contributed by atoms with Gasteiger partial charge in [0.25, 0.3) is 5.91 Å². The Hall–Kier alpha value is -1.30. The molecular formula is C17H18BrClN2O2. The van der Waals surface area contributed by atoms with E-state index in [9.17, 15) is 4.79 Å². The van der Waals surface area contributed by atoms with Gasteiger partial charge >= 0.3 is 0 Å². The van der Waals surface area contributed by atoms with Crippen LogP contribution in [0.1, 0.15) is 28.9 Å². The summed E-state index contributed by atoms with van der Waals surface area (Å²) in [6.07, 6.45) is 3.47. The molecule has 0 bridgehead atoms. The fraction of sp³-hybridized carbons (Fsp3) is 0.353. The maximum Gasteiger partial charge on any atom is 0.267 e. The summed E-state index contributed by atoms with van der Waals surface area (Å²) in [4.78, 5) is 15.3. The maximum absolute atomic E-state index is 12.3. The van der Waals surface area contributed by atoms with Gasteiger partial charge in [0.05, 0.1) is 0 Å². The summed E-state index contributed by atoms with van der Waals surface area (Å²) in [5.41, 5.74) is 1.56. The molecule has 1 aromatic heterocycles. The summed E-state index contributed by atoms with van der Waals surface area (Å²) in [7, 11) is 0. The number of aromatic nitrogens is 1. The minimum absolute atomic E-state index is 0.108. The number of halogens is 2. The van der Waals surface area contributed by atoms with Crippen molar-refractivity contribution in [2.45, 2.75) is 18.3 Å². The molecule has 122 valence electrons. The first-order valence-corrected chi connectivity index (χ1v) is 8.72. The molecule has 4 nitrogen and oxygen atoms in total. The normalized spacial score (nSPS) is 17.0. The SMILES string of the molecule is O=C(NCC1(c2cccc(Cl)c2)CCOCC1)c1cc(Br)c[nH]1. The molecule has 0 aliphatic carbocycles. The van der Waals surface area contributed by atoms with Crippen LogP contribution in [0, 0.1) is 0 Å². The van der Waals surface area contributed by atoms with Gasteiger partial charge in [0.15, 0.2) is 0 Å². The number of hydrogen-bond donors (Lipinski definition) is 2. The van der Waals surface area contributed by atoms with Crippen molar-refractivity contribution in [2.24, 2.45) is 0 Å². The van der Waals surface area contributed by atoms with Crippen molar-refractivity contribution in [1.82, 2.24) is 10.3 Å². The van der Waals surface area contributed by atoms with E-state index >= 15 is 0 Å². The van der Waals surface area contributed by atoms with Gasteiger partial charge in [-0.05, 0) is 52.5 Å². The summed E-state index contributed by atoms with van der Waals surface area (Å²) in [5.74, 6) is -0.108. The van der Waals surface area contributed by atoms with E-state index in [4.69, 9.17) is 16.3 Å². The highest BCUT2D eigenvalue weighted by molar-refractivity contribution is 9.10. The highest BCUT2D eigenvalue weighted by atomic mass is 79.9. The molecule has 2 heterocycles. The third-order valence-electron chi connectivity index (χ3n) is 4.37. The van der Waals surface area contributed by atoms with Crippen molar-refractivity contribution in [2.75, 3.05) is 19.8 Å². The Bertz CT molecular complexity index is 695. The summed E-state index contributed by atoms with van der Waals surface area (Å²) < 4.78 is 6.37. The lowest BCUT2D eigenvalue weighted by molar-refractivity contribution is 0.0487. The van der Waals surface area contributed by atoms with Gasteiger partial charge in [-0.25, -0.2) is 0 Å². The van der Waals surface area contributed by atoms with Crippen LogP contribution in [0.15, 0.2) is 41.0 Å². The van der Waals surface area contributed by atoms with E-state index in [1.54, 1.807) is 12.3 Å². The number of aromatic amines is 1. The van der Waals surface area contributed by atoms with Crippen LogP contribution in [0.2, 0.25) is 5.02 Å². The van der Waals surface area contributed by atoms with Gasteiger partial charge in [-0.1, -0.05) is 23.7 Å². The first-order chi connectivity index (χ1) is 11.1. The molecule has 1 amide bonds. The van der Waals surface area contributed by atoms with Crippen LogP contribution < -0.4 is 5.32 Å². The van der Waals surface area contributed by atoms with Crippen LogP contribution in [0.3, 0.4) is 0 Å². The molecule has 3 rings (SSSR count). The number of ether oxygens (including phenoxy) is 1. The van der Waals surface area contributed by atoms with Gasteiger partial charge < -0.3 is 15.0 Å². The zero-order valence-corrected chi connectivity index (χ0v) is 14.9. The van der Waals surface area contributed by atoms with Crippen LogP contribution in [0.25, 0.3) is 0 Å². The highest BCUT2D eigenvalue weighted by Gasteiger charge is 2.35. The lowest BCUT2D eigenvalue weighted by atomic mass is 9.74. The van der Waals surface area contributed by atoms with Crippen LogP contribution in [0.5, 0.6) is 0 Å². The molecule has 1 saturated heterocycles. The van der Waals surface area contributed by atoms with E-state index in [1.807, 2.05) is 18.2 Å². The number of carbonyl (C=O) groups excluding carboxylic acids is 1.